The molecule has 0 N–H and O–H groups in total. The lowest BCUT2D eigenvalue weighted by molar-refractivity contribution is 0.624. The van der Waals surface area contributed by atoms with Gasteiger partial charge in [-0.15, -0.1) is 0 Å². The third-order valence-electron chi connectivity index (χ3n) is 3.41. The Balaban J connectivity index is 1.86. The second-order valence-corrected chi connectivity index (χ2v) is 6.32. The predicted octanol–water partition coefficient (Wildman–Crippen LogP) is 4.76. The molecule has 0 atom stereocenters. The van der Waals surface area contributed by atoms with Gasteiger partial charge in [-0.3, -0.25) is 0 Å². The Hall–Kier alpha value is -0.350. The fourth-order valence-electron chi connectivity index (χ4n) is 2.47. The molecule has 1 aliphatic carbocycles. The van der Waals surface area contributed by atoms with Crippen molar-refractivity contribution < 1.29 is 0 Å². The molecule has 0 amide bonds. The topological polar surface area (TPSA) is 0 Å². The Morgan fingerprint density at radius 2 is 1.31 bits per heavy atom. The minimum absolute atomic E-state index is 0.917. The molecule has 0 spiro atoms. The van der Waals surface area contributed by atoms with E-state index in [2.05, 4.69) is 30.3 Å². The third-order valence-corrected chi connectivity index (χ3v) is 4.89. The van der Waals surface area contributed by atoms with Crippen molar-refractivity contribution in [3.05, 3.63) is 30.3 Å². The normalized spacial score (nSPS) is 20.5. The predicted molar refractivity (Wildman–Crippen MR) is 73.7 cm³/mol. The van der Waals surface area contributed by atoms with Crippen molar-refractivity contribution >= 4 is 13.9 Å². The van der Waals surface area contributed by atoms with Gasteiger partial charge in [0.05, 0.1) is 0 Å². The third kappa shape index (κ3) is 4.26. The molecule has 0 aromatic heterocycles. The molecule has 87 valence electrons. The minimum Gasteiger partial charge on any atom is -0.0622 e. The molecule has 1 radical (unpaired) electrons. The molecule has 0 nitrogen and oxygen atoms in total. The largest absolute Gasteiger partial charge is 0.0622 e. The van der Waals surface area contributed by atoms with E-state index < -0.39 is 0 Å². The minimum atomic E-state index is 0.917. The molecule has 0 saturated heterocycles. The zero-order chi connectivity index (χ0) is 11.1. The van der Waals surface area contributed by atoms with Gasteiger partial charge in [-0.2, -0.15) is 0 Å². The summed E-state index contributed by atoms with van der Waals surface area (Å²) in [7, 11) is 1.57. The van der Waals surface area contributed by atoms with Crippen molar-refractivity contribution in [2.24, 2.45) is 0 Å². The van der Waals surface area contributed by atoms with Gasteiger partial charge in [0.1, 0.15) is 0 Å². The summed E-state index contributed by atoms with van der Waals surface area (Å²) in [6, 6.07) is 11.0. The van der Waals surface area contributed by atoms with Gasteiger partial charge < -0.3 is 0 Å². The van der Waals surface area contributed by atoms with E-state index in [0.717, 1.165) is 5.66 Å². The standard InChI is InChI=1S/C15H22P/c1-2-4-7-11-14(10-6-3-1)16-15-12-8-5-9-13-15/h5,8-9,12-14H,1-4,6-7,10-11H2. The summed E-state index contributed by atoms with van der Waals surface area (Å²) < 4.78 is 0. The lowest BCUT2D eigenvalue weighted by atomic mass is 10.1. The SMILES string of the molecule is c1ccc([P]C2CCCCCCCC2)cc1. The smallest absolute Gasteiger partial charge is 0.0127 e. The van der Waals surface area contributed by atoms with Gasteiger partial charge in [0.2, 0.25) is 0 Å². The van der Waals surface area contributed by atoms with Gasteiger partial charge in [0.15, 0.2) is 0 Å². The summed E-state index contributed by atoms with van der Waals surface area (Å²) in [6.45, 7) is 0. The number of hydrogen-bond acceptors (Lipinski definition) is 0. The van der Waals surface area contributed by atoms with E-state index in [4.69, 9.17) is 0 Å². The fourth-order valence-corrected chi connectivity index (χ4v) is 3.85. The van der Waals surface area contributed by atoms with E-state index in [0.29, 0.717) is 0 Å². The van der Waals surface area contributed by atoms with Crippen LogP contribution in [0.4, 0.5) is 0 Å². The summed E-state index contributed by atoms with van der Waals surface area (Å²) in [5, 5.41) is 1.51. The van der Waals surface area contributed by atoms with Crippen molar-refractivity contribution in [1.29, 1.82) is 0 Å². The second-order valence-electron chi connectivity index (χ2n) is 4.82. The van der Waals surface area contributed by atoms with Crippen LogP contribution in [0.3, 0.4) is 0 Å². The van der Waals surface area contributed by atoms with E-state index >= 15 is 0 Å². The van der Waals surface area contributed by atoms with E-state index in [1.807, 2.05) is 0 Å². The molecular formula is C15H22P. The highest BCUT2D eigenvalue weighted by atomic mass is 31.1. The summed E-state index contributed by atoms with van der Waals surface area (Å²) in [5.41, 5.74) is 0.917. The summed E-state index contributed by atoms with van der Waals surface area (Å²) in [6.07, 6.45) is 11.6. The molecule has 1 fully saturated rings. The van der Waals surface area contributed by atoms with Crippen LogP contribution < -0.4 is 5.30 Å². The molecule has 1 heteroatoms. The lowest BCUT2D eigenvalue weighted by Gasteiger charge is -2.14. The first kappa shape index (κ1) is 12.1. The van der Waals surface area contributed by atoms with E-state index in [1.165, 1.54) is 56.7 Å². The quantitative estimate of drug-likeness (QED) is 0.646. The first-order valence-electron chi connectivity index (χ1n) is 6.71. The van der Waals surface area contributed by atoms with E-state index in [9.17, 15) is 0 Å². The van der Waals surface area contributed by atoms with Gasteiger partial charge in [-0.1, -0.05) is 68.9 Å². The van der Waals surface area contributed by atoms with Crippen LogP contribution in [-0.4, -0.2) is 5.66 Å². The van der Waals surface area contributed by atoms with Crippen LogP contribution >= 0.6 is 8.58 Å². The number of benzene rings is 1. The Kier molecular flexibility index (Phi) is 5.35. The maximum Gasteiger partial charge on any atom is -0.0127 e. The molecule has 1 aliphatic rings. The maximum absolute atomic E-state index is 2.27. The van der Waals surface area contributed by atoms with Gasteiger partial charge in [0, 0.05) is 0 Å². The van der Waals surface area contributed by atoms with Crippen molar-refractivity contribution in [3.63, 3.8) is 0 Å². The summed E-state index contributed by atoms with van der Waals surface area (Å²) in [4.78, 5) is 0. The van der Waals surface area contributed by atoms with Gasteiger partial charge in [-0.25, -0.2) is 0 Å². The monoisotopic (exact) mass is 233 g/mol. The molecule has 1 aromatic rings. The van der Waals surface area contributed by atoms with Crippen LogP contribution in [0.2, 0.25) is 0 Å². The highest BCUT2D eigenvalue weighted by Gasteiger charge is 2.11. The molecule has 0 heterocycles. The van der Waals surface area contributed by atoms with Crippen LogP contribution in [-0.2, 0) is 0 Å². The highest BCUT2D eigenvalue weighted by Crippen LogP contribution is 2.30. The Morgan fingerprint density at radius 3 is 1.94 bits per heavy atom. The molecule has 1 saturated carbocycles. The average Bonchev–Trinajstić information content (AvgIpc) is 2.45. The lowest BCUT2D eigenvalue weighted by Crippen LogP contribution is -2.06. The first-order chi connectivity index (χ1) is 7.95. The number of rotatable bonds is 2. The average molecular weight is 233 g/mol. The molecule has 0 unspecified atom stereocenters. The van der Waals surface area contributed by atoms with E-state index in [-0.39, 0.29) is 0 Å². The zero-order valence-corrected chi connectivity index (χ0v) is 11.0. The first-order valence-corrected chi connectivity index (χ1v) is 7.67. The maximum atomic E-state index is 2.27. The number of hydrogen-bond donors (Lipinski definition) is 0. The van der Waals surface area contributed by atoms with Gasteiger partial charge >= 0.3 is 0 Å². The highest BCUT2D eigenvalue weighted by molar-refractivity contribution is 7.48. The Labute approximate surface area is 102 Å². The van der Waals surface area contributed by atoms with Crippen LogP contribution in [0.1, 0.15) is 51.4 Å². The van der Waals surface area contributed by atoms with Crippen LogP contribution in [0.25, 0.3) is 0 Å². The van der Waals surface area contributed by atoms with Gasteiger partial charge in [-0.05, 0) is 32.4 Å². The molecule has 1 aromatic carbocycles. The Bertz CT molecular complexity index is 271. The molecular weight excluding hydrogens is 211 g/mol. The van der Waals surface area contributed by atoms with Gasteiger partial charge in [0.25, 0.3) is 0 Å². The second kappa shape index (κ2) is 7.07. The van der Waals surface area contributed by atoms with Crippen molar-refractivity contribution in [1.82, 2.24) is 0 Å². The molecule has 16 heavy (non-hydrogen) atoms. The molecule has 0 bridgehead atoms. The fraction of sp³-hybridized carbons (Fsp3) is 0.600. The van der Waals surface area contributed by atoms with Crippen molar-refractivity contribution in [2.45, 2.75) is 57.0 Å². The van der Waals surface area contributed by atoms with E-state index in [1.54, 1.807) is 8.58 Å². The van der Waals surface area contributed by atoms with Crippen molar-refractivity contribution in [2.75, 3.05) is 0 Å². The molecule has 0 aliphatic heterocycles. The summed E-state index contributed by atoms with van der Waals surface area (Å²) >= 11 is 0. The Morgan fingerprint density at radius 1 is 0.750 bits per heavy atom. The van der Waals surface area contributed by atoms with Crippen LogP contribution in [0.5, 0.6) is 0 Å². The van der Waals surface area contributed by atoms with Crippen LogP contribution in [0.15, 0.2) is 30.3 Å². The zero-order valence-electron chi connectivity index (χ0n) is 10.1. The molecule has 2 rings (SSSR count). The van der Waals surface area contributed by atoms with Crippen LogP contribution in [0, 0.1) is 0 Å². The summed E-state index contributed by atoms with van der Waals surface area (Å²) in [5.74, 6) is 0. The van der Waals surface area contributed by atoms with Crippen molar-refractivity contribution in [3.8, 4) is 0 Å².